The summed E-state index contributed by atoms with van der Waals surface area (Å²) in [6, 6.07) is 0. The van der Waals surface area contributed by atoms with Crippen molar-refractivity contribution < 1.29 is 12.6 Å². The van der Waals surface area contributed by atoms with Gasteiger partial charge in [-0.1, -0.05) is 52.5 Å². The van der Waals surface area contributed by atoms with E-state index in [1.807, 2.05) is 0 Å². The molecule has 0 radical (unpaired) electrons. The smallest absolute Gasteiger partial charge is 0.267 e. The van der Waals surface area contributed by atoms with Crippen LogP contribution in [0.25, 0.3) is 0 Å². The van der Waals surface area contributed by atoms with Crippen molar-refractivity contribution in [1.82, 2.24) is 0 Å². The minimum Gasteiger partial charge on any atom is -0.267 e. The second-order valence-electron chi connectivity index (χ2n) is 4.07. The Kier molecular flexibility index (Phi) is 8.57. The molecule has 0 bridgehead atoms. The van der Waals surface area contributed by atoms with Gasteiger partial charge in [0.25, 0.3) is 10.1 Å². The van der Waals surface area contributed by atoms with Crippen molar-refractivity contribution in [3.05, 3.63) is 12.0 Å². The maximum absolute atomic E-state index is 11.1. The SMILES string of the molecule is C=CS(=O)(=O)OCC(CC)CCCCCC. The van der Waals surface area contributed by atoms with Gasteiger partial charge in [0.15, 0.2) is 0 Å². The van der Waals surface area contributed by atoms with Crippen LogP contribution in [0.3, 0.4) is 0 Å². The van der Waals surface area contributed by atoms with E-state index in [1.165, 1.54) is 19.3 Å². The van der Waals surface area contributed by atoms with Crippen LogP contribution in [0, 0.1) is 5.92 Å². The Labute approximate surface area is 100 Å². The summed E-state index contributed by atoms with van der Waals surface area (Å²) in [6.45, 7) is 7.74. The highest BCUT2D eigenvalue weighted by Crippen LogP contribution is 2.15. The Bertz CT molecular complexity index is 270. The third-order valence-electron chi connectivity index (χ3n) is 2.72. The van der Waals surface area contributed by atoms with Crippen molar-refractivity contribution in [3.8, 4) is 0 Å². The highest BCUT2D eigenvalue weighted by atomic mass is 32.2. The lowest BCUT2D eigenvalue weighted by Gasteiger charge is -2.13. The number of unbranched alkanes of at least 4 members (excludes halogenated alkanes) is 3. The van der Waals surface area contributed by atoms with Gasteiger partial charge in [-0.15, -0.1) is 0 Å². The van der Waals surface area contributed by atoms with Crippen molar-refractivity contribution in [2.75, 3.05) is 6.61 Å². The summed E-state index contributed by atoms with van der Waals surface area (Å²) in [5, 5.41) is 0.858. The van der Waals surface area contributed by atoms with Gasteiger partial charge in [0, 0.05) is 0 Å². The van der Waals surface area contributed by atoms with E-state index in [4.69, 9.17) is 4.18 Å². The third-order valence-corrected chi connectivity index (χ3v) is 3.59. The molecular formula is C12H24O3S. The normalized spacial score (nSPS) is 13.6. The molecule has 0 aliphatic heterocycles. The first-order valence-corrected chi connectivity index (χ1v) is 7.54. The Morgan fingerprint density at radius 1 is 1.25 bits per heavy atom. The largest absolute Gasteiger partial charge is 0.289 e. The maximum atomic E-state index is 11.1. The number of rotatable bonds is 10. The minimum absolute atomic E-state index is 0.289. The van der Waals surface area contributed by atoms with Crippen LogP contribution in [0.4, 0.5) is 0 Å². The summed E-state index contributed by atoms with van der Waals surface area (Å²) in [4.78, 5) is 0. The van der Waals surface area contributed by atoms with E-state index in [2.05, 4.69) is 20.4 Å². The lowest BCUT2D eigenvalue weighted by Crippen LogP contribution is -2.12. The van der Waals surface area contributed by atoms with Crippen LogP contribution < -0.4 is 0 Å². The molecule has 0 saturated heterocycles. The Morgan fingerprint density at radius 2 is 1.94 bits per heavy atom. The van der Waals surface area contributed by atoms with Crippen LogP contribution in [-0.2, 0) is 14.3 Å². The highest BCUT2D eigenvalue weighted by Gasteiger charge is 2.11. The van der Waals surface area contributed by atoms with Gasteiger partial charge in [0.2, 0.25) is 0 Å². The number of hydrogen-bond acceptors (Lipinski definition) is 3. The van der Waals surface area contributed by atoms with E-state index in [0.717, 1.165) is 24.7 Å². The van der Waals surface area contributed by atoms with Crippen LogP contribution >= 0.6 is 0 Å². The highest BCUT2D eigenvalue weighted by molar-refractivity contribution is 7.89. The van der Waals surface area contributed by atoms with Gasteiger partial charge in [-0.05, 0) is 12.3 Å². The monoisotopic (exact) mass is 248 g/mol. The quantitative estimate of drug-likeness (QED) is 0.439. The zero-order chi connectivity index (χ0) is 12.4. The molecule has 0 N–H and O–H groups in total. The molecule has 3 nitrogen and oxygen atoms in total. The molecule has 0 saturated carbocycles. The number of hydrogen-bond donors (Lipinski definition) is 0. The fourth-order valence-corrected chi connectivity index (χ4v) is 1.98. The first kappa shape index (κ1) is 15.7. The second kappa shape index (κ2) is 8.76. The molecule has 96 valence electrons. The van der Waals surface area contributed by atoms with E-state index in [-0.39, 0.29) is 6.61 Å². The van der Waals surface area contributed by atoms with Crippen molar-refractivity contribution in [3.63, 3.8) is 0 Å². The van der Waals surface area contributed by atoms with Crippen molar-refractivity contribution in [2.45, 2.75) is 52.4 Å². The molecule has 0 aliphatic rings. The Hall–Kier alpha value is -0.350. The summed E-state index contributed by atoms with van der Waals surface area (Å²) in [6.07, 6.45) is 6.85. The Morgan fingerprint density at radius 3 is 2.44 bits per heavy atom. The minimum atomic E-state index is -3.50. The Balaban J connectivity index is 3.79. The van der Waals surface area contributed by atoms with E-state index in [1.54, 1.807) is 0 Å². The summed E-state index contributed by atoms with van der Waals surface area (Å²) < 4.78 is 27.0. The summed E-state index contributed by atoms with van der Waals surface area (Å²) in [5.41, 5.74) is 0. The van der Waals surface area contributed by atoms with Gasteiger partial charge in [-0.3, -0.25) is 4.18 Å². The van der Waals surface area contributed by atoms with E-state index in [0.29, 0.717) is 5.92 Å². The standard InChI is InChI=1S/C12H24O3S/c1-4-7-8-9-10-12(5-2)11-15-16(13,14)6-3/h6,12H,3-5,7-11H2,1-2H3. The first-order valence-electron chi connectivity index (χ1n) is 6.07. The molecule has 1 atom stereocenters. The van der Waals surface area contributed by atoms with Crippen LogP contribution in [0.2, 0.25) is 0 Å². The maximum Gasteiger partial charge on any atom is 0.289 e. The molecule has 0 fully saturated rings. The van der Waals surface area contributed by atoms with Crippen LogP contribution in [0.15, 0.2) is 12.0 Å². The van der Waals surface area contributed by atoms with Gasteiger partial charge >= 0.3 is 0 Å². The lowest BCUT2D eigenvalue weighted by atomic mass is 9.99. The van der Waals surface area contributed by atoms with Gasteiger partial charge in [-0.2, -0.15) is 8.42 Å². The predicted octanol–water partition coefficient (Wildman–Crippen LogP) is 3.47. The molecule has 0 heterocycles. The van der Waals surface area contributed by atoms with Gasteiger partial charge in [0.05, 0.1) is 12.0 Å². The average Bonchev–Trinajstić information content (AvgIpc) is 2.28. The van der Waals surface area contributed by atoms with E-state index >= 15 is 0 Å². The lowest BCUT2D eigenvalue weighted by molar-refractivity contribution is 0.241. The molecule has 16 heavy (non-hydrogen) atoms. The molecule has 0 aromatic heterocycles. The van der Waals surface area contributed by atoms with E-state index in [9.17, 15) is 8.42 Å². The molecule has 0 aromatic rings. The molecule has 4 heteroatoms. The van der Waals surface area contributed by atoms with Gasteiger partial charge in [-0.25, -0.2) is 0 Å². The van der Waals surface area contributed by atoms with Crippen molar-refractivity contribution in [1.29, 1.82) is 0 Å². The molecule has 0 rings (SSSR count). The van der Waals surface area contributed by atoms with Crippen molar-refractivity contribution in [2.24, 2.45) is 5.92 Å². The zero-order valence-corrected chi connectivity index (χ0v) is 11.3. The van der Waals surface area contributed by atoms with Gasteiger partial charge < -0.3 is 0 Å². The topological polar surface area (TPSA) is 43.4 Å². The summed E-state index contributed by atoms with van der Waals surface area (Å²) in [7, 11) is -3.50. The molecule has 1 unspecified atom stereocenters. The molecular weight excluding hydrogens is 224 g/mol. The zero-order valence-electron chi connectivity index (χ0n) is 10.4. The first-order chi connectivity index (χ1) is 7.55. The summed E-state index contributed by atoms with van der Waals surface area (Å²) in [5.74, 6) is 0.339. The third kappa shape index (κ3) is 7.88. The van der Waals surface area contributed by atoms with Crippen LogP contribution in [-0.4, -0.2) is 15.0 Å². The average molecular weight is 248 g/mol. The summed E-state index contributed by atoms with van der Waals surface area (Å²) >= 11 is 0. The fraction of sp³-hybridized carbons (Fsp3) is 0.833. The second-order valence-corrected chi connectivity index (χ2v) is 5.62. The molecule has 0 spiro atoms. The van der Waals surface area contributed by atoms with E-state index < -0.39 is 10.1 Å². The van der Waals surface area contributed by atoms with Crippen LogP contribution in [0.1, 0.15) is 52.4 Å². The van der Waals surface area contributed by atoms with Crippen LogP contribution in [0.5, 0.6) is 0 Å². The fourth-order valence-electron chi connectivity index (χ4n) is 1.50. The van der Waals surface area contributed by atoms with Gasteiger partial charge in [0.1, 0.15) is 0 Å². The molecule has 0 aliphatic carbocycles. The molecule has 0 aromatic carbocycles. The van der Waals surface area contributed by atoms with Crippen molar-refractivity contribution >= 4 is 10.1 Å². The predicted molar refractivity (Wildman–Crippen MR) is 67.6 cm³/mol. The molecule has 0 amide bonds.